The summed E-state index contributed by atoms with van der Waals surface area (Å²) in [5, 5.41) is 9.68. The second-order valence-electron chi connectivity index (χ2n) is 6.22. The van der Waals surface area contributed by atoms with Crippen molar-refractivity contribution in [2.75, 3.05) is 0 Å². The molecule has 2 unspecified atom stereocenters. The Morgan fingerprint density at radius 3 is 2.24 bits per heavy atom. The Bertz CT molecular complexity index is 865. The number of hydrogen-bond donors (Lipinski definition) is 0. The Morgan fingerprint density at radius 2 is 1.64 bits per heavy atom. The highest BCUT2D eigenvalue weighted by atomic mass is 35.5. The molecule has 0 N–H and O–H groups in total. The predicted molar refractivity (Wildman–Crippen MR) is 104 cm³/mol. The molecule has 0 saturated heterocycles. The van der Waals surface area contributed by atoms with Gasteiger partial charge in [-0.05, 0) is 31.0 Å². The van der Waals surface area contributed by atoms with Gasteiger partial charge >= 0.3 is 0 Å². The first-order chi connectivity index (χ1) is 12.1. The molecule has 2 aromatic carbocycles. The van der Waals surface area contributed by atoms with E-state index in [1.807, 2.05) is 43.3 Å². The number of halogens is 2. The highest BCUT2D eigenvalue weighted by molar-refractivity contribution is 7.99. The Balaban J connectivity index is 1.70. The third-order valence-corrected chi connectivity index (χ3v) is 6.61. The van der Waals surface area contributed by atoms with Crippen molar-refractivity contribution in [1.29, 1.82) is 0 Å². The van der Waals surface area contributed by atoms with Crippen LogP contribution in [0.4, 0.5) is 0 Å². The number of para-hydroxylation sites is 1. The minimum atomic E-state index is -0.653. The van der Waals surface area contributed by atoms with Gasteiger partial charge in [-0.1, -0.05) is 60.3 Å². The highest BCUT2D eigenvalue weighted by Crippen LogP contribution is 2.63. The fourth-order valence-electron chi connectivity index (χ4n) is 3.00. The van der Waals surface area contributed by atoms with Gasteiger partial charge < -0.3 is 0 Å². The van der Waals surface area contributed by atoms with Crippen molar-refractivity contribution in [3.8, 4) is 5.69 Å². The van der Waals surface area contributed by atoms with E-state index in [0.29, 0.717) is 0 Å². The molecule has 0 bridgehead atoms. The average Bonchev–Trinajstić information content (AvgIpc) is 3.10. The summed E-state index contributed by atoms with van der Waals surface area (Å²) in [4.78, 5) is 0. The van der Waals surface area contributed by atoms with E-state index in [0.717, 1.165) is 23.1 Å². The maximum atomic E-state index is 6.39. The van der Waals surface area contributed by atoms with Gasteiger partial charge in [0, 0.05) is 16.9 Å². The van der Waals surface area contributed by atoms with E-state index in [9.17, 15) is 0 Å². The van der Waals surface area contributed by atoms with Crippen molar-refractivity contribution in [2.45, 2.75) is 28.1 Å². The molecule has 1 aliphatic rings. The van der Waals surface area contributed by atoms with Gasteiger partial charge in [0.1, 0.15) is 10.2 Å². The van der Waals surface area contributed by atoms with Gasteiger partial charge in [0.15, 0.2) is 5.16 Å². The number of benzene rings is 2. The summed E-state index contributed by atoms with van der Waals surface area (Å²) >= 11 is 14.5. The molecule has 2 atom stereocenters. The molecule has 128 valence electrons. The van der Waals surface area contributed by atoms with E-state index < -0.39 is 4.33 Å². The second kappa shape index (κ2) is 6.67. The fourth-order valence-corrected chi connectivity index (χ4v) is 5.17. The summed E-state index contributed by atoms with van der Waals surface area (Å²) in [6.07, 6.45) is 0.793. The van der Waals surface area contributed by atoms with Crippen LogP contribution in [0.25, 0.3) is 5.69 Å². The summed E-state index contributed by atoms with van der Waals surface area (Å²) in [5.74, 6) is 1.06. The normalized spacial score (nSPS) is 19.6. The largest absolute Gasteiger partial charge is 0.274 e. The lowest BCUT2D eigenvalue weighted by Crippen LogP contribution is -2.05. The molecule has 1 aliphatic carbocycles. The molecule has 0 amide bonds. The molecule has 1 saturated carbocycles. The molecule has 3 aromatic rings. The van der Waals surface area contributed by atoms with Crippen molar-refractivity contribution in [3.63, 3.8) is 0 Å². The minimum absolute atomic E-state index is 0.141. The van der Waals surface area contributed by atoms with Crippen molar-refractivity contribution in [2.24, 2.45) is 5.92 Å². The molecule has 25 heavy (non-hydrogen) atoms. The standard InChI is InChI=1S/C19H17Cl2N3S/c1-13-22-23-18(24(13)15-10-6-3-7-11-15)25-17(16-12-19(16,20)21)14-8-4-2-5-9-14/h2-11,16-17H,12H2,1H3. The zero-order valence-electron chi connectivity index (χ0n) is 13.6. The molecule has 0 radical (unpaired) electrons. The van der Waals surface area contributed by atoms with Crippen LogP contribution in [0.3, 0.4) is 0 Å². The van der Waals surface area contributed by atoms with Crippen LogP contribution in [-0.2, 0) is 0 Å². The van der Waals surface area contributed by atoms with Gasteiger partial charge in [-0.15, -0.1) is 33.4 Å². The van der Waals surface area contributed by atoms with E-state index in [1.54, 1.807) is 11.8 Å². The maximum absolute atomic E-state index is 6.39. The number of rotatable bonds is 5. The third kappa shape index (κ3) is 3.43. The van der Waals surface area contributed by atoms with Gasteiger partial charge in [0.05, 0.1) is 0 Å². The smallest absolute Gasteiger partial charge is 0.196 e. The maximum Gasteiger partial charge on any atom is 0.196 e. The third-order valence-electron chi connectivity index (χ3n) is 4.41. The molecule has 1 aromatic heterocycles. The quantitative estimate of drug-likeness (QED) is 0.420. The highest BCUT2D eigenvalue weighted by Gasteiger charge is 2.56. The van der Waals surface area contributed by atoms with Crippen molar-refractivity contribution in [1.82, 2.24) is 14.8 Å². The Morgan fingerprint density at radius 1 is 1.04 bits per heavy atom. The SMILES string of the molecule is Cc1nnc(SC(c2ccccc2)C2CC2(Cl)Cl)n1-c1ccccc1. The monoisotopic (exact) mass is 389 g/mol. The molecule has 0 aliphatic heterocycles. The van der Waals surface area contributed by atoms with E-state index in [2.05, 4.69) is 39.0 Å². The van der Waals surface area contributed by atoms with Crippen LogP contribution < -0.4 is 0 Å². The summed E-state index contributed by atoms with van der Waals surface area (Å²) in [7, 11) is 0. The topological polar surface area (TPSA) is 30.7 Å². The van der Waals surface area contributed by atoms with Crippen LogP contribution in [0, 0.1) is 12.8 Å². The summed E-state index contributed by atoms with van der Waals surface area (Å²) in [6.45, 7) is 1.96. The van der Waals surface area contributed by atoms with E-state index >= 15 is 0 Å². The molecule has 3 nitrogen and oxygen atoms in total. The molecule has 4 rings (SSSR count). The Hall–Kier alpha value is -1.49. The molecule has 0 spiro atoms. The minimum Gasteiger partial charge on any atom is -0.274 e. The first-order valence-corrected chi connectivity index (χ1v) is 9.77. The van der Waals surface area contributed by atoms with Crippen LogP contribution in [0.15, 0.2) is 65.8 Å². The fraction of sp³-hybridized carbons (Fsp3) is 0.263. The number of aryl methyl sites for hydroxylation is 1. The predicted octanol–water partition coefficient (Wildman–Crippen LogP) is 5.60. The number of thioether (sulfide) groups is 1. The first-order valence-electron chi connectivity index (χ1n) is 8.13. The lowest BCUT2D eigenvalue weighted by Gasteiger charge is -2.18. The summed E-state index contributed by atoms with van der Waals surface area (Å²) in [6, 6.07) is 20.5. The molecular formula is C19H17Cl2N3S. The zero-order valence-corrected chi connectivity index (χ0v) is 16.0. The number of nitrogens with zero attached hydrogens (tertiary/aromatic N) is 3. The Kier molecular flexibility index (Phi) is 4.52. The first kappa shape index (κ1) is 17.0. The van der Waals surface area contributed by atoms with Crippen molar-refractivity contribution >= 4 is 35.0 Å². The number of alkyl halides is 2. The summed E-state index contributed by atoms with van der Waals surface area (Å²) < 4.78 is 1.42. The van der Waals surface area contributed by atoms with Gasteiger partial charge in [-0.2, -0.15) is 0 Å². The van der Waals surface area contributed by atoms with Gasteiger partial charge in [0.25, 0.3) is 0 Å². The Labute approximate surface area is 161 Å². The van der Waals surface area contributed by atoms with Crippen LogP contribution in [0.2, 0.25) is 0 Å². The van der Waals surface area contributed by atoms with E-state index in [1.165, 1.54) is 5.56 Å². The van der Waals surface area contributed by atoms with Crippen LogP contribution >= 0.6 is 35.0 Å². The van der Waals surface area contributed by atoms with Crippen molar-refractivity contribution < 1.29 is 0 Å². The molecule has 6 heteroatoms. The van der Waals surface area contributed by atoms with Crippen LogP contribution in [0.5, 0.6) is 0 Å². The lowest BCUT2D eigenvalue weighted by molar-refractivity contribution is 0.781. The van der Waals surface area contributed by atoms with Gasteiger partial charge in [-0.3, -0.25) is 4.57 Å². The zero-order chi connectivity index (χ0) is 17.4. The van der Waals surface area contributed by atoms with Gasteiger partial charge in [-0.25, -0.2) is 0 Å². The number of hydrogen-bond acceptors (Lipinski definition) is 3. The van der Waals surface area contributed by atoms with E-state index in [-0.39, 0.29) is 11.2 Å². The average molecular weight is 390 g/mol. The van der Waals surface area contributed by atoms with Crippen LogP contribution in [0.1, 0.15) is 23.1 Å². The number of aromatic nitrogens is 3. The summed E-state index contributed by atoms with van der Waals surface area (Å²) in [5.41, 5.74) is 2.26. The molecule has 1 fully saturated rings. The lowest BCUT2D eigenvalue weighted by atomic mass is 10.1. The van der Waals surface area contributed by atoms with Gasteiger partial charge in [0.2, 0.25) is 0 Å². The molecular weight excluding hydrogens is 373 g/mol. The second-order valence-corrected chi connectivity index (χ2v) is 8.87. The van der Waals surface area contributed by atoms with Crippen LogP contribution in [-0.4, -0.2) is 19.1 Å². The molecule has 1 heterocycles. The van der Waals surface area contributed by atoms with E-state index in [4.69, 9.17) is 23.2 Å². The van der Waals surface area contributed by atoms with Crippen molar-refractivity contribution in [3.05, 3.63) is 72.1 Å².